The molecule has 3 heteroatoms. The van der Waals surface area contributed by atoms with Crippen LogP contribution >= 0.6 is 11.6 Å². The molecule has 2 aromatic rings. The number of hydrogen-bond acceptors (Lipinski definition) is 2. The summed E-state index contributed by atoms with van der Waals surface area (Å²) in [7, 11) is 0. The minimum atomic E-state index is 0.212. The van der Waals surface area contributed by atoms with Gasteiger partial charge in [-0.2, -0.15) is 0 Å². The van der Waals surface area contributed by atoms with Crippen LogP contribution in [0.25, 0.3) is 10.9 Å². The number of benzene rings is 1. The average molecular weight is 208 g/mol. The molecule has 0 aliphatic heterocycles. The van der Waals surface area contributed by atoms with Gasteiger partial charge in [0.1, 0.15) is 6.07 Å². The molecule has 0 saturated carbocycles. The molecule has 1 aromatic carbocycles. The quantitative estimate of drug-likeness (QED) is 0.722. The third kappa shape index (κ3) is 1.86. The van der Waals surface area contributed by atoms with Gasteiger partial charge in [0.25, 0.3) is 0 Å². The zero-order valence-electron chi connectivity index (χ0n) is 7.61. The highest BCUT2D eigenvalue weighted by atomic mass is 35.5. The van der Waals surface area contributed by atoms with E-state index in [-0.39, 0.29) is 6.07 Å². The van der Waals surface area contributed by atoms with Crippen molar-refractivity contribution in [1.82, 2.24) is 4.98 Å². The molecule has 0 spiro atoms. The van der Waals surface area contributed by atoms with E-state index in [4.69, 9.17) is 16.3 Å². The second-order valence-electron chi connectivity index (χ2n) is 2.95. The fourth-order valence-electron chi connectivity index (χ4n) is 1.43. The number of ether oxygens (including phenoxy) is 1. The molecular formula is C11H10ClNO. The maximum Gasteiger partial charge on any atom is 0.121 e. The summed E-state index contributed by atoms with van der Waals surface area (Å²) in [4.78, 5) is 4.31. The van der Waals surface area contributed by atoms with Crippen LogP contribution < -0.4 is 0 Å². The Labute approximate surface area is 87.5 Å². The Bertz CT molecular complexity index is 425. The molecule has 0 saturated heterocycles. The van der Waals surface area contributed by atoms with Gasteiger partial charge in [-0.3, -0.25) is 4.98 Å². The second-order valence-corrected chi connectivity index (χ2v) is 3.17. The van der Waals surface area contributed by atoms with Gasteiger partial charge < -0.3 is 4.74 Å². The standard InChI is InChI=1S/C11H10ClNO/c12-8-14-7-10-4-1-3-9-5-2-6-13-11(9)10/h1-6H,7-8H2. The molecule has 0 bridgehead atoms. The van der Waals surface area contributed by atoms with Crippen LogP contribution in [0.15, 0.2) is 36.5 Å². The molecule has 1 aromatic heterocycles. The van der Waals surface area contributed by atoms with Crippen molar-refractivity contribution in [3.63, 3.8) is 0 Å². The molecule has 1 heterocycles. The Morgan fingerprint density at radius 2 is 2.07 bits per heavy atom. The number of aromatic nitrogens is 1. The van der Waals surface area contributed by atoms with Gasteiger partial charge in [0.15, 0.2) is 0 Å². The van der Waals surface area contributed by atoms with E-state index < -0.39 is 0 Å². The van der Waals surface area contributed by atoms with Crippen LogP contribution in [-0.4, -0.2) is 11.1 Å². The largest absolute Gasteiger partial charge is 0.361 e. The lowest BCUT2D eigenvalue weighted by atomic mass is 10.1. The number of pyridine rings is 1. The minimum absolute atomic E-state index is 0.212. The van der Waals surface area contributed by atoms with Crippen molar-refractivity contribution in [2.75, 3.05) is 6.07 Å². The molecule has 2 nitrogen and oxygen atoms in total. The van der Waals surface area contributed by atoms with Gasteiger partial charge >= 0.3 is 0 Å². The van der Waals surface area contributed by atoms with Gasteiger partial charge in [0.05, 0.1) is 12.1 Å². The fraction of sp³-hybridized carbons (Fsp3) is 0.182. The first-order chi connectivity index (χ1) is 6.92. The summed E-state index contributed by atoms with van der Waals surface area (Å²) < 4.78 is 5.15. The summed E-state index contributed by atoms with van der Waals surface area (Å²) in [5.41, 5.74) is 2.06. The molecule has 0 aliphatic carbocycles. The molecule has 14 heavy (non-hydrogen) atoms. The number of alkyl halides is 1. The second kappa shape index (κ2) is 4.40. The molecule has 0 fully saturated rings. The first-order valence-corrected chi connectivity index (χ1v) is 4.91. The predicted molar refractivity (Wildman–Crippen MR) is 57.3 cm³/mol. The van der Waals surface area contributed by atoms with Gasteiger partial charge in [-0.05, 0) is 6.07 Å². The van der Waals surface area contributed by atoms with Gasteiger partial charge in [0, 0.05) is 17.1 Å². The third-order valence-corrected chi connectivity index (χ3v) is 2.21. The number of fused-ring (bicyclic) bond motifs is 1. The van der Waals surface area contributed by atoms with Crippen molar-refractivity contribution in [2.45, 2.75) is 6.61 Å². The molecule has 0 N–H and O–H groups in total. The van der Waals surface area contributed by atoms with Crippen molar-refractivity contribution in [1.29, 1.82) is 0 Å². The normalized spacial score (nSPS) is 10.6. The first kappa shape index (κ1) is 9.44. The zero-order valence-corrected chi connectivity index (χ0v) is 8.37. The van der Waals surface area contributed by atoms with Gasteiger partial charge in [-0.15, -0.1) is 0 Å². The van der Waals surface area contributed by atoms with E-state index in [1.54, 1.807) is 6.20 Å². The van der Waals surface area contributed by atoms with E-state index in [0.29, 0.717) is 6.61 Å². The highest BCUT2D eigenvalue weighted by Gasteiger charge is 2.00. The molecule has 0 unspecified atom stereocenters. The number of rotatable bonds is 3. The van der Waals surface area contributed by atoms with E-state index in [1.807, 2.05) is 30.3 Å². The highest BCUT2D eigenvalue weighted by Crippen LogP contribution is 2.16. The Balaban J connectivity index is 2.43. The molecule has 0 atom stereocenters. The summed E-state index contributed by atoms with van der Waals surface area (Å²) in [6.07, 6.45) is 1.78. The van der Waals surface area contributed by atoms with Gasteiger partial charge in [-0.1, -0.05) is 35.9 Å². The predicted octanol–water partition coefficient (Wildman–Crippen LogP) is 2.95. The Morgan fingerprint density at radius 1 is 1.21 bits per heavy atom. The molecule has 72 valence electrons. The van der Waals surface area contributed by atoms with E-state index in [1.165, 1.54) is 0 Å². The summed E-state index contributed by atoms with van der Waals surface area (Å²) in [5, 5.41) is 1.13. The number of hydrogen-bond donors (Lipinski definition) is 0. The van der Waals surface area contributed by atoms with E-state index in [0.717, 1.165) is 16.5 Å². The molecule has 2 rings (SSSR count). The smallest absolute Gasteiger partial charge is 0.121 e. The molecule has 0 amide bonds. The van der Waals surface area contributed by atoms with Gasteiger partial charge in [-0.25, -0.2) is 0 Å². The van der Waals surface area contributed by atoms with Crippen LogP contribution in [0.2, 0.25) is 0 Å². The summed E-state index contributed by atoms with van der Waals surface area (Å²) in [6, 6.07) is 10.2. The van der Waals surface area contributed by atoms with E-state index in [2.05, 4.69) is 4.98 Å². The number of nitrogens with zero attached hydrogens (tertiary/aromatic N) is 1. The zero-order chi connectivity index (χ0) is 9.80. The SMILES string of the molecule is ClCOCc1cccc2cccnc12. The van der Waals surface area contributed by atoms with Gasteiger partial charge in [0.2, 0.25) is 0 Å². The highest BCUT2D eigenvalue weighted by molar-refractivity contribution is 6.17. The minimum Gasteiger partial charge on any atom is -0.361 e. The molecular weight excluding hydrogens is 198 g/mol. The lowest BCUT2D eigenvalue weighted by Gasteiger charge is -2.04. The average Bonchev–Trinajstić information content (AvgIpc) is 2.26. The van der Waals surface area contributed by atoms with Crippen molar-refractivity contribution < 1.29 is 4.74 Å². The van der Waals surface area contributed by atoms with Crippen molar-refractivity contribution >= 4 is 22.5 Å². The lowest BCUT2D eigenvalue weighted by Crippen LogP contribution is -1.92. The maximum absolute atomic E-state index is 5.46. The lowest BCUT2D eigenvalue weighted by molar-refractivity contribution is 0.166. The number of para-hydroxylation sites is 1. The van der Waals surface area contributed by atoms with Crippen LogP contribution in [0, 0.1) is 0 Å². The topological polar surface area (TPSA) is 22.1 Å². The third-order valence-electron chi connectivity index (χ3n) is 2.05. The maximum atomic E-state index is 5.46. The summed E-state index contributed by atoms with van der Waals surface area (Å²) >= 11 is 5.46. The van der Waals surface area contributed by atoms with Crippen LogP contribution in [-0.2, 0) is 11.3 Å². The summed E-state index contributed by atoms with van der Waals surface area (Å²) in [5.74, 6) is 0. The first-order valence-electron chi connectivity index (χ1n) is 4.38. The van der Waals surface area contributed by atoms with Crippen molar-refractivity contribution in [3.8, 4) is 0 Å². The molecule has 0 aliphatic rings. The Hall–Kier alpha value is -1.12. The van der Waals surface area contributed by atoms with Crippen LogP contribution in [0.3, 0.4) is 0 Å². The Kier molecular flexibility index (Phi) is 2.96. The fourth-order valence-corrected chi connectivity index (χ4v) is 1.51. The van der Waals surface area contributed by atoms with E-state index >= 15 is 0 Å². The van der Waals surface area contributed by atoms with Crippen molar-refractivity contribution in [3.05, 3.63) is 42.1 Å². The monoisotopic (exact) mass is 207 g/mol. The Morgan fingerprint density at radius 3 is 2.93 bits per heavy atom. The summed E-state index contributed by atoms with van der Waals surface area (Å²) in [6.45, 7) is 0.512. The number of halogens is 1. The van der Waals surface area contributed by atoms with Crippen molar-refractivity contribution in [2.24, 2.45) is 0 Å². The van der Waals surface area contributed by atoms with Crippen LogP contribution in [0.4, 0.5) is 0 Å². The van der Waals surface area contributed by atoms with Crippen LogP contribution in [0.5, 0.6) is 0 Å². The molecule has 0 radical (unpaired) electrons. The van der Waals surface area contributed by atoms with Crippen LogP contribution in [0.1, 0.15) is 5.56 Å². The van der Waals surface area contributed by atoms with E-state index in [9.17, 15) is 0 Å².